The van der Waals surface area contributed by atoms with Crippen molar-refractivity contribution in [2.75, 3.05) is 5.32 Å². The number of nitrogens with one attached hydrogen (secondary N) is 1. The Balaban J connectivity index is 2.35. The summed E-state index contributed by atoms with van der Waals surface area (Å²) in [4.78, 5) is 33.8. The number of carbonyl (C=O) groups excluding carboxylic acids is 2. The number of nitrogens with zero attached hydrogens (tertiary/aromatic N) is 3. The van der Waals surface area contributed by atoms with Crippen molar-refractivity contribution in [3.05, 3.63) is 58.1 Å². The Morgan fingerprint density at radius 3 is 2.41 bits per heavy atom. The van der Waals surface area contributed by atoms with Gasteiger partial charge in [0.25, 0.3) is 21.7 Å². The number of nitro groups is 1. The second-order valence-corrected chi connectivity index (χ2v) is 7.34. The molecule has 0 aliphatic rings. The number of azo groups is 1. The van der Waals surface area contributed by atoms with Crippen LogP contribution in [0.15, 0.2) is 57.6 Å². The van der Waals surface area contributed by atoms with Crippen LogP contribution in [0.4, 0.5) is 17.1 Å². The number of nitro benzene ring substituents is 1. The van der Waals surface area contributed by atoms with Gasteiger partial charge in [-0.25, -0.2) is 0 Å². The molecular weight excluding hydrogens is 404 g/mol. The van der Waals surface area contributed by atoms with E-state index in [1.165, 1.54) is 0 Å². The average Bonchev–Trinajstić information content (AvgIpc) is 2.62. The molecule has 0 fully saturated rings. The fourth-order valence-electron chi connectivity index (χ4n) is 2.25. The standard InChI is InChI=1S/C17H16N4O7S/c1-10-5-3-4-6-13(10)18-17(23)16(11(2)22)20-19-14-8-7-12(29(26,27)28)9-15(14)21(24)25/h3-9,16H,1-2H3,(H,18,23)(H,26,27,28)/b20-19+. The van der Waals surface area contributed by atoms with Gasteiger partial charge in [0.15, 0.2) is 11.5 Å². The van der Waals surface area contributed by atoms with Crippen molar-refractivity contribution < 1.29 is 27.5 Å². The molecule has 1 atom stereocenters. The van der Waals surface area contributed by atoms with Crippen molar-refractivity contribution in [2.45, 2.75) is 24.8 Å². The Morgan fingerprint density at radius 2 is 1.86 bits per heavy atom. The summed E-state index contributed by atoms with van der Waals surface area (Å²) in [5.41, 5.74) is 0.0433. The number of ketones is 1. The number of hydrogen-bond donors (Lipinski definition) is 2. The van der Waals surface area contributed by atoms with Gasteiger partial charge >= 0.3 is 0 Å². The maximum Gasteiger partial charge on any atom is 0.298 e. The van der Waals surface area contributed by atoms with E-state index in [4.69, 9.17) is 4.55 Å². The Morgan fingerprint density at radius 1 is 1.21 bits per heavy atom. The summed E-state index contributed by atoms with van der Waals surface area (Å²) < 4.78 is 31.3. The molecule has 2 N–H and O–H groups in total. The summed E-state index contributed by atoms with van der Waals surface area (Å²) >= 11 is 0. The van der Waals surface area contributed by atoms with Crippen LogP contribution in [0.25, 0.3) is 0 Å². The van der Waals surface area contributed by atoms with Crippen LogP contribution in [0.5, 0.6) is 0 Å². The molecule has 12 heteroatoms. The number of hydrogen-bond acceptors (Lipinski definition) is 8. The van der Waals surface area contributed by atoms with Crippen molar-refractivity contribution in [2.24, 2.45) is 10.2 Å². The van der Waals surface area contributed by atoms with E-state index in [-0.39, 0.29) is 0 Å². The summed E-state index contributed by atoms with van der Waals surface area (Å²) in [7, 11) is -4.67. The minimum absolute atomic E-state index is 0.391. The molecule has 0 saturated heterocycles. The molecule has 152 valence electrons. The molecule has 0 aliphatic carbocycles. The zero-order chi connectivity index (χ0) is 21.8. The molecule has 0 spiro atoms. The van der Waals surface area contributed by atoms with Crippen LogP contribution < -0.4 is 5.32 Å². The number of rotatable bonds is 7. The summed E-state index contributed by atoms with van der Waals surface area (Å²) in [6.45, 7) is 2.86. The van der Waals surface area contributed by atoms with Gasteiger partial charge in [-0.1, -0.05) is 18.2 Å². The van der Waals surface area contributed by atoms with Gasteiger partial charge in [-0.2, -0.15) is 13.5 Å². The van der Waals surface area contributed by atoms with Crippen LogP contribution in [-0.2, 0) is 19.7 Å². The third kappa shape index (κ3) is 5.49. The summed E-state index contributed by atoms with van der Waals surface area (Å²) in [6, 6.07) is 7.67. The number of benzene rings is 2. The molecule has 2 aromatic rings. The lowest BCUT2D eigenvalue weighted by Crippen LogP contribution is -2.32. The molecular formula is C17H16N4O7S. The highest BCUT2D eigenvalue weighted by Crippen LogP contribution is 2.30. The quantitative estimate of drug-likeness (QED) is 0.228. The van der Waals surface area contributed by atoms with Gasteiger partial charge in [0, 0.05) is 11.8 Å². The SMILES string of the molecule is CC(=O)C(/N=N/c1ccc(S(=O)(=O)O)cc1[N+](=O)[O-])C(=O)Nc1ccccc1C. The van der Waals surface area contributed by atoms with Crippen LogP contribution >= 0.6 is 0 Å². The van der Waals surface area contributed by atoms with E-state index in [1.54, 1.807) is 31.2 Å². The highest BCUT2D eigenvalue weighted by atomic mass is 32.2. The van der Waals surface area contributed by atoms with Gasteiger partial charge in [-0.05, 0) is 37.6 Å². The van der Waals surface area contributed by atoms with E-state index in [9.17, 15) is 28.1 Å². The first-order chi connectivity index (χ1) is 13.5. The van der Waals surface area contributed by atoms with E-state index in [2.05, 4.69) is 15.5 Å². The van der Waals surface area contributed by atoms with Gasteiger partial charge in [-0.3, -0.25) is 24.3 Å². The van der Waals surface area contributed by atoms with Crippen molar-refractivity contribution in [3.63, 3.8) is 0 Å². The lowest BCUT2D eigenvalue weighted by atomic mass is 10.1. The zero-order valence-electron chi connectivity index (χ0n) is 15.3. The molecule has 0 aliphatic heterocycles. The van der Waals surface area contributed by atoms with Gasteiger partial charge in [0.05, 0.1) is 4.92 Å². The molecule has 1 unspecified atom stereocenters. The Labute approximate surface area is 165 Å². The minimum atomic E-state index is -4.67. The number of amides is 1. The first-order valence-electron chi connectivity index (χ1n) is 8.04. The van der Waals surface area contributed by atoms with E-state index in [0.29, 0.717) is 11.8 Å². The largest absolute Gasteiger partial charge is 0.324 e. The molecule has 2 rings (SSSR count). The first-order valence-corrected chi connectivity index (χ1v) is 9.48. The van der Waals surface area contributed by atoms with Crippen molar-refractivity contribution >= 4 is 38.9 Å². The minimum Gasteiger partial charge on any atom is -0.324 e. The molecule has 0 bridgehead atoms. The number of Topliss-reactive ketones (excluding diaryl/α,β-unsaturated/α-hetero) is 1. The summed E-state index contributed by atoms with van der Waals surface area (Å²) in [6.07, 6.45) is 0. The van der Waals surface area contributed by atoms with Crippen molar-refractivity contribution in [1.82, 2.24) is 0 Å². The highest BCUT2D eigenvalue weighted by molar-refractivity contribution is 7.85. The third-order valence-corrected chi connectivity index (χ3v) is 4.61. The van der Waals surface area contributed by atoms with Crippen LogP contribution in [0, 0.1) is 17.0 Å². The monoisotopic (exact) mass is 420 g/mol. The highest BCUT2D eigenvalue weighted by Gasteiger charge is 2.25. The molecule has 2 aromatic carbocycles. The van der Waals surface area contributed by atoms with Gasteiger partial charge in [0.1, 0.15) is 4.90 Å². The first kappa shape index (κ1) is 21.8. The number of aryl methyl sites for hydroxylation is 1. The van der Waals surface area contributed by atoms with Crippen LogP contribution in [0.2, 0.25) is 0 Å². The molecule has 1 amide bonds. The number of carbonyl (C=O) groups is 2. The maximum atomic E-state index is 12.4. The van der Waals surface area contributed by atoms with Gasteiger partial charge < -0.3 is 5.32 Å². The lowest BCUT2D eigenvalue weighted by Gasteiger charge is -2.11. The van der Waals surface area contributed by atoms with E-state index >= 15 is 0 Å². The second kappa shape index (κ2) is 8.67. The molecule has 29 heavy (non-hydrogen) atoms. The normalized spacial score (nSPS) is 12.5. The molecule has 0 radical (unpaired) electrons. The zero-order valence-corrected chi connectivity index (χ0v) is 16.1. The van der Waals surface area contributed by atoms with Crippen molar-refractivity contribution in [1.29, 1.82) is 0 Å². The number of para-hydroxylation sites is 1. The van der Waals surface area contributed by atoms with Crippen LogP contribution in [0.1, 0.15) is 12.5 Å². The fourth-order valence-corrected chi connectivity index (χ4v) is 2.75. The second-order valence-electron chi connectivity index (χ2n) is 5.92. The number of anilines is 1. The average molecular weight is 420 g/mol. The van der Waals surface area contributed by atoms with Crippen molar-refractivity contribution in [3.8, 4) is 0 Å². The van der Waals surface area contributed by atoms with Crippen LogP contribution in [0.3, 0.4) is 0 Å². The van der Waals surface area contributed by atoms with E-state index in [1.807, 2.05) is 0 Å². The van der Waals surface area contributed by atoms with E-state index in [0.717, 1.165) is 24.6 Å². The smallest absolute Gasteiger partial charge is 0.298 e. The predicted octanol–water partition coefficient (Wildman–Crippen LogP) is 2.83. The maximum absolute atomic E-state index is 12.4. The Bertz CT molecular complexity index is 1110. The Hall–Kier alpha value is -3.51. The van der Waals surface area contributed by atoms with Gasteiger partial charge in [0.2, 0.25) is 6.04 Å². The molecule has 0 saturated carbocycles. The molecule has 0 heterocycles. The summed E-state index contributed by atoms with van der Waals surface area (Å²) in [5.74, 6) is -1.44. The fraction of sp³-hybridized carbons (Fsp3) is 0.176. The molecule has 0 aromatic heterocycles. The molecule has 11 nitrogen and oxygen atoms in total. The summed E-state index contributed by atoms with van der Waals surface area (Å²) in [5, 5.41) is 20.9. The third-order valence-electron chi connectivity index (χ3n) is 3.76. The van der Waals surface area contributed by atoms with E-state index < -0.39 is 49.0 Å². The Kier molecular flexibility index (Phi) is 6.51. The topological polar surface area (TPSA) is 168 Å². The predicted molar refractivity (Wildman–Crippen MR) is 102 cm³/mol. The van der Waals surface area contributed by atoms with Crippen LogP contribution in [-0.4, -0.2) is 35.6 Å². The van der Waals surface area contributed by atoms with Gasteiger partial charge in [-0.15, -0.1) is 5.11 Å². The lowest BCUT2D eigenvalue weighted by molar-refractivity contribution is -0.384.